The normalized spacial score (nSPS) is 19.2. The van der Waals surface area contributed by atoms with Crippen LogP contribution in [0.25, 0.3) is 10.2 Å². The van der Waals surface area contributed by atoms with Gasteiger partial charge in [-0.25, -0.2) is 9.97 Å². The van der Waals surface area contributed by atoms with Crippen molar-refractivity contribution < 1.29 is 9.59 Å². The minimum absolute atomic E-state index is 0.0930. The lowest BCUT2D eigenvalue weighted by molar-refractivity contribution is -0.130. The molecule has 0 saturated carbocycles. The average molecular weight is 517 g/mol. The predicted octanol–water partition coefficient (Wildman–Crippen LogP) is 3.99. The summed E-state index contributed by atoms with van der Waals surface area (Å²) in [5, 5.41) is 4.62. The van der Waals surface area contributed by atoms with Crippen molar-refractivity contribution in [2.24, 2.45) is 10.9 Å². The van der Waals surface area contributed by atoms with Crippen molar-refractivity contribution in [2.75, 3.05) is 38.0 Å². The lowest BCUT2D eigenvalue weighted by Gasteiger charge is -2.34. The summed E-state index contributed by atoms with van der Waals surface area (Å²) in [6.07, 6.45) is 7.65. The molecule has 2 aliphatic heterocycles. The van der Waals surface area contributed by atoms with Crippen LogP contribution in [0.4, 0.5) is 11.5 Å². The summed E-state index contributed by atoms with van der Waals surface area (Å²) >= 11 is 1.71. The Kier molecular flexibility index (Phi) is 6.73. The number of aryl methyl sites for hydroxylation is 1. The number of carbonyl (C=O) groups excluding carboxylic acids is 2. The molecule has 1 saturated heterocycles. The highest BCUT2D eigenvalue weighted by Crippen LogP contribution is 2.41. The van der Waals surface area contributed by atoms with Gasteiger partial charge in [0.15, 0.2) is 0 Å². The number of hydrogen-bond acceptors (Lipinski definition) is 8. The number of piperazine rings is 1. The van der Waals surface area contributed by atoms with Crippen LogP contribution >= 0.6 is 11.3 Å². The Hall–Kier alpha value is -3.17. The van der Waals surface area contributed by atoms with Gasteiger partial charge in [0.05, 0.1) is 11.9 Å². The van der Waals surface area contributed by atoms with Crippen LogP contribution in [0, 0.1) is 5.92 Å². The molecule has 0 bridgehead atoms. The summed E-state index contributed by atoms with van der Waals surface area (Å²) in [6, 6.07) is 6.32. The molecule has 1 amide bonds. The number of aliphatic imine (C=N–C) groups is 1. The summed E-state index contributed by atoms with van der Waals surface area (Å²) in [5.41, 5.74) is 4.71. The lowest BCUT2D eigenvalue weighted by atomic mass is 9.84. The van der Waals surface area contributed by atoms with Gasteiger partial charge in [-0.05, 0) is 61.1 Å². The zero-order valence-electron chi connectivity index (χ0n) is 21.2. The third-order valence-corrected chi connectivity index (χ3v) is 9.08. The minimum atomic E-state index is 0.0930. The molecule has 1 N–H and O–H groups in total. The quantitative estimate of drug-likeness (QED) is 0.511. The third kappa shape index (κ3) is 5.02. The monoisotopic (exact) mass is 516 g/mol. The van der Waals surface area contributed by atoms with Gasteiger partial charge >= 0.3 is 0 Å². The van der Waals surface area contributed by atoms with E-state index in [4.69, 9.17) is 0 Å². The highest BCUT2D eigenvalue weighted by Gasteiger charge is 2.29. The van der Waals surface area contributed by atoms with E-state index in [2.05, 4.69) is 43.4 Å². The second-order valence-electron chi connectivity index (χ2n) is 10.3. The highest BCUT2D eigenvalue weighted by molar-refractivity contribution is 7.19. The first kappa shape index (κ1) is 24.2. The summed E-state index contributed by atoms with van der Waals surface area (Å²) < 4.78 is 0. The van der Waals surface area contributed by atoms with E-state index in [0.717, 1.165) is 92.2 Å². The topological polar surface area (TPSA) is 90.8 Å². The van der Waals surface area contributed by atoms with Crippen LogP contribution in [0.5, 0.6) is 0 Å². The molecule has 9 heteroatoms. The zero-order chi connectivity index (χ0) is 25.4. The summed E-state index contributed by atoms with van der Waals surface area (Å²) in [4.78, 5) is 44.7. The first-order valence-electron chi connectivity index (χ1n) is 13.2. The zero-order valence-corrected chi connectivity index (χ0v) is 22.0. The van der Waals surface area contributed by atoms with Gasteiger partial charge in [0.2, 0.25) is 5.91 Å². The molecule has 3 aromatic rings. The van der Waals surface area contributed by atoms with E-state index >= 15 is 0 Å². The number of aromatic nitrogens is 2. The van der Waals surface area contributed by atoms with Crippen molar-refractivity contribution in [3.8, 4) is 0 Å². The average Bonchev–Trinajstić information content (AvgIpc) is 3.53. The summed E-state index contributed by atoms with van der Waals surface area (Å²) in [6.45, 7) is 6.70. The molecule has 0 radical (unpaired) electrons. The SMILES string of the molecule is CC(=O)N1CCN(CCCC(=O)C2CCc3c(sc4ncnc(Nc5ccc6c(c5)C=NC6)c34)C2)CC1. The molecule has 4 heterocycles. The van der Waals surface area contributed by atoms with Crippen molar-refractivity contribution >= 4 is 51.0 Å². The number of nitrogens with one attached hydrogen (secondary N) is 1. The molecule has 1 unspecified atom stereocenters. The molecule has 6 rings (SSSR count). The number of nitrogens with zero attached hydrogens (tertiary/aromatic N) is 5. The molecule has 1 atom stereocenters. The molecule has 1 aliphatic carbocycles. The van der Waals surface area contributed by atoms with Crippen molar-refractivity contribution in [3.63, 3.8) is 0 Å². The molecule has 1 fully saturated rings. The first-order valence-corrected chi connectivity index (χ1v) is 14.0. The smallest absolute Gasteiger partial charge is 0.219 e. The maximum atomic E-state index is 13.1. The van der Waals surface area contributed by atoms with Crippen LogP contribution in [0.2, 0.25) is 0 Å². The Labute approximate surface area is 220 Å². The van der Waals surface area contributed by atoms with Gasteiger partial charge < -0.3 is 10.2 Å². The fourth-order valence-electron chi connectivity index (χ4n) is 5.76. The fraction of sp³-hybridized carbons (Fsp3) is 0.464. The van der Waals surface area contributed by atoms with Crippen LogP contribution in [0.3, 0.4) is 0 Å². The number of fused-ring (bicyclic) bond motifs is 4. The van der Waals surface area contributed by atoms with Crippen LogP contribution in [0.1, 0.15) is 47.8 Å². The second kappa shape index (κ2) is 10.3. The Morgan fingerprint density at radius 3 is 2.86 bits per heavy atom. The van der Waals surface area contributed by atoms with Crippen molar-refractivity contribution in [1.29, 1.82) is 0 Å². The highest BCUT2D eigenvalue weighted by atomic mass is 32.1. The molecule has 2 aromatic heterocycles. The number of thiophene rings is 1. The molecular formula is C28H32N6O2S. The van der Waals surface area contributed by atoms with E-state index in [0.29, 0.717) is 12.2 Å². The van der Waals surface area contributed by atoms with Gasteiger partial charge in [0.25, 0.3) is 0 Å². The Bertz CT molecular complexity index is 1370. The summed E-state index contributed by atoms with van der Waals surface area (Å²) in [5.74, 6) is 1.47. The lowest BCUT2D eigenvalue weighted by Crippen LogP contribution is -2.48. The van der Waals surface area contributed by atoms with Crippen LogP contribution in [-0.2, 0) is 29.0 Å². The van der Waals surface area contributed by atoms with E-state index in [-0.39, 0.29) is 11.8 Å². The van der Waals surface area contributed by atoms with Gasteiger partial charge in [-0.15, -0.1) is 11.3 Å². The maximum Gasteiger partial charge on any atom is 0.219 e. The van der Waals surface area contributed by atoms with E-state index in [1.807, 2.05) is 11.1 Å². The van der Waals surface area contributed by atoms with Crippen LogP contribution in [0.15, 0.2) is 29.5 Å². The Morgan fingerprint density at radius 2 is 2.03 bits per heavy atom. The predicted molar refractivity (Wildman–Crippen MR) is 147 cm³/mol. The van der Waals surface area contributed by atoms with E-state index < -0.39 is 0 Å². The van der Waals surface area contributed by atoms with E-state index in [1.54, 1.807) is 24.6 Å². The fourth-order valence-corrected chi connectivity index (χ4v) is 7.03. The molecule has 8 nitrogen and oxygen atoms in total. The van der Waals surface area contributed by atoms with Gasteiger partial charge in [-0.1, -0.05) is 6.07 Å². The third-order valence-electron chi connectivity index (χ3n) is 7.92. The first-order chi connectivity index (χ1) is 18.0. The standard InChI is InChI=1S/C28H32N6O2S/c1-18(35)34-11-9-33(10-12-34)8-2-3-24(36)19-5-7-23-25(14-19)37-28-26(23)27(30-17-31-28)32-22-6-4-20-15-29-16-21(20)13-22/h4,6,13,16-17,19H,2-3,5,7-12,14-15H2,1H3,(H,30,31,32). The van der Waals surface area contributed by atoms with Crippen LogP contribution in [-0.4, -0.2) is 70.4 Å². The number of hydrogen-bond donors (Lipinski definition) is 1. The molecule has 1 aromatic carbocycles. The molecule has 0 spiro atoms. The van der Waals surface area contributed by atoms with Gasteiger partial charge in [-0.3, -0.25) is 19.5 Å². The van der Waals surface area contributed by atoms with Gasteiger partial charge in [-0.2, -0.15) is 0 Å². The molecule has 37 heavy (non-hydrogen) atoms. The number of carbonyl (C=O) groups is 2. The van der Waals surface area contributed by atoms with Crippen LogP contribution < -0.4 is 5.32 Å². The van der Waals surface area contributed by atoms with E-state index in [9.17, 15) is 9.59 Å². The number of benzene rings is 1. The molecule has 3 aliphatic rings. The Balaban J connectivity index is 1.09. The number of ketones is 1. The number of rotatable bonds is 7. The van der Waals surface area contributed by atoms with Crippen molar-refractivity contribution in [1.82, 2.24) is 19.8 Å². The van der Waals surface area contributed by atoms with E-state index in [1.165, 1.54) is 16.0 Å². The minimum Gasteiger partial charge on any atom is -0.340 e. The maximum absolute atomic E-state index is 13.1. The van der Waals surface area contributed by atoms with Crippen molar-refractivity contribution in [2.45, 2.75) is 45.6 Å². The number of Topliss-reactive ketones (excluding diaryl/α,β-unsaturated/α-hetero) is 1. The largest absolute Gasteiger partial charge is 0.340 e. The number of amides is 1. The van der Waals surface area contributed by atoms with Gasteiger partial charge in [0.1, 0.15) is 22.8 Å². The Morgan fingerprint density at radius 1 is 1.16 bits per heavy atom. The summed E-state index contributed by atoms with van der Waals surface area (Å²) in [7, 11) is 0. The van der Waals surface area contributed by atoms with Crippen molar-refractivity contribution in [3.05, 3.63) is 46.1 Å². The molecular weight excluding hydrogens is 484 g/mol. The van der Waals surface area contributed by atoms with Gasteiger partial charge in [0, 0.05) is 62.2 Å². The second-order valence-corrected chi connectivity index (χ2v) is 11.4. The number of anilines is 2. The molecule has 192 valence electrons.